The van der Waals surface area contributed by atoms with Gasteiger partial charge in [-0.3, -0.25) is 9.59 Å². The number of benzene rings is 2. The van der Waals surface area contributed by atoms with Gasteiger partial charge in [0.1, 0.15) is 5.58 Å². The number of hydrogen-bond acceptors (Lipinski definition) is 6. The van der Waals surface area contributed by atoms with Crippen LogP contribution < -0.4 is 14.9 Å². The number of ether oxygens (including phenoxy) is 3. The minimum atomic E-state index is -0.632. The molecule has 37 heavy (non-hydrogen) atoms. The van der Waals surface area contributed by atoms with Gasteiger partial charge in [0.2, 0.25) is 5.76 Å². The van der Waals surface area contributed by atoms with Crippen LogP contribution in [0.1, 0.15) is 72.3 Å². The van der Waals surface area contributed by atoms with Crippen LogP contribution in [0.3, 0.4) is 0 Å². The van der Waals surface area contributed by atoms with Gasteiger partial charge in [0.15, 0.2) is 16.9 Å². The van der Waals surface area contributed by atoms with E-state index >= 15 is 0 Å². The maximum Gasteiger partial charge on any atom is 0.290 e. The molecule has 0 fully saturated rings. The fourth-order valence-corrected chi connectivity index (χ4v) is 4.95. The number of aryl methyl sites for hydroxylation is 1. The first-order valence-electron chi connectivity index (χ1n) is 12.8. The zero-order chi connectivity index (χ0) is 26.5. The van der Waals surface area contributed by atoms with Crippen LogP contribution in [0.4, 0.5) is 0 Å². The molecule has 0 spiro atoms. The highest BCUT2D eigenvalue weighted by atomic mass is 35.5. The van der Waals surface area contributed by atoms with Crippen molar-refractivity contribution in [1.82, 2.24) is 4.90 Å². The third-order valence-corrected chi connectivity index (χ3v) is 7.16. The zero-order valence-corrected chi connectivity index (χ0v) is 22.7. The Balaban J connectivity index is 1.77. The van der Waals surface area contributed by atoms with Crippen molar-refractivity contribution in [3.05, 3.63) is 68.0 Å². The molecular weight excluding hydrogens is 494 g/mol. The van der Waals surface area contributed by atoms with Crippen molar-refractivity contribution < 1.29 is 23.4 Å². The number of nitrogens with zero attached hydrogens (tertiary/aromatic N) is 1. The summed E-state index contributed by atoms with van der Waals surface area (Å²) >= 11 is 6.33. The fourth-order valence-electron chi connectivity index (χ4n) is 4.78. The fraction of sp³-hybridized carbons (Fsp3) is 0.448. The van der Waals surface area contributed by atoms with Gasteiger partial charge in [-0.25, -0.2) is 0 Å². The summed E-state index contributed by atoms with van der Waals surface area (Å²) in [6.45, 7) is 5.48. The van der Waals surface area contributed by atoms with Crippen molar-refractivity contribution in [3.63, 3.8) is 0 Å². The van der Waals surface area contributed by atoms with Crippen LogP contribution in [0.2, 0.25) is 5.02 Å². The Bertz CT molecular complexity index is 1330. The SMILES string of the molecule is CCCCCCOc1ccc(C2c3c(oc4cc(C)c(Cl)cc4c3=O)C(=O)N2CCCOC)cc1OC. The van der Waals surface area contributed by atoms with Crippen LogP contribution in [0, 0.1) is 6.92 Å². The molecule has 0 bridgehead atoms. The summed E-state index contributed by atoms with van der Waals surface area (Å²) in [6, 6.07) is 8.24. The van der Waals surface area contributed by atoms with Gasteiger partial charge in [-0.2, -0.15) is 0 Å². The molecule has 0 radical (unpaired) electrons. The maximum atomic E-state index is 13.8. The average Bonchev–Trinajstić information content (AvgIpc) is 3.17. The first-order valence-corrected chi connectivity index (χ1v) is 13.2. The number of hydrogen-bond donors (Lipinski definition) is 0. The number of rotatable bonds is 12. The minimum Gasteiger partial charge on any atom is -0.493 e. The molecule has 3 aromatic rings. The molecule has 1 atom stereocenters. The van der Waals surface area contributed by atoms with Gasteiger partial charge in [0.25, 0.3) is 5.91 Å². The predicted molar refractivity (Wildman–Crippen MR) is 144 cm³/mol. The van der Waals surface area contributed by atoms with Crippen molar-refractivity contribution in [3.8, 4) is 11.5 Å². The van der Waals surface area contributed by atoms with E-state index in [1.807, 2.05) is 25.1 Å². The average molecular weight is 528 g/mol. The van der Waals surface area contributed by atoms with Crippen molar-refractivity contribution >= 4 is 28.5 Å². The molecule has 1 unspecified atom stereocenters. The number of carbonyl (C=O) groups excluding carboxylic acids is 1. The van der Waals surface area contributed by atoms with Crippen molar-refractivity contribution in [2.75, 3.05) is 34.0 Å². The van der Waals surface area contributed by atoms with Gasteiger partial charge < -0.3 is 23.5 Å². The molecule has 4 rings (SSSR count). The first-order chi connectivity index (χ1) is 17.9. The third kappa shape index (κ3) is 5.48. The van der Waals surface area contributed by atoms with Crippen LogP contribution in [0.15, 0.2) is 39.5 Å². The monoisotopic (exact) mass is 527 g/mol. The summed E-state index contributed by atoms with van der Waals surface area (Å²) in [4.78, 5) is 29.0. The molecule has 1 aromatic heterocycles. The summed E-state index contributed by atoms with van der Waals surface area (Å²) in [5.41, 5.74) is 1.91. The van der Waals surface area contributed by atoms with Crippen molar-refractivity contribution in [1.29, 1.82) is 0 Å². The third-order valence-electron chi connectivity index (χ3n) is 6.75. The Hall–Kier alpha value is -3.03. The Morgan fingerprint density at radius 2 is 1.81 bits per heavy atom. The van der Waals surface area contributed by atoms with Crippen LogP contribution in [0.5, 0.6) is 11.5 Å². The lowest BCUT2D eigenvalue weighted by molar-refractivity contribution is 0.0707. The second kappa shape index (κ2) is 12.0. The molecule has 2 heterocycles. The van der Waals surface area contributed by atoms with Gasteiger partial charge in [-0.05, 0) is 55.2 Å². The summed E-state index contributed by atoms with van der Waals surface area (Å²) in [7, 11) is 3.20. The normalized spacial score (nSPS) is 14.9. The molecule has 0 saturated carbocycles. The van der Waals surface area contributed by atoms with E-state index in [0.717, 1.165) is 30.4 Å². The van der Waals surface area contributed by atoms with E-state index in [4.69, 9.17) is 30.2 Å². The van der Waals surface area contributed by atoms with E-state index in [0.29, 0.717) is 59.2 Å². The van der Waals surface area contributed by atoms with Gasteiger partial charge in [0.05, 0.1) is 30.7 Å². The van der Waals surface area contributed by atoms with Gasteiger partial charge >= 0.3 is 0 Å². The van der Waals surface area contributed by atoms with E-state index in [1.165, 1.54) is 6.42 Å². The number of methoxy groups -OCH3 is 2. The lowest BCUT2D eigenvalue weighted by atomic mass is 9.97. The summed E-state index contributed by atoms with van der Waals surface area (Å²) in [5.74, 6) is 0.926. The molecule has 1 aliphatic heterocycles. The lowest BCUT2D eigenvalue weighted by Crippen LogP contribution is -2.31. The van der Waals surface area contributed by atoms with Crippen LogP contribution in [-0.4, -0.2) is 44.8 Å². The van der Waals surface area contributed by atoms with Gasteiger partial charge in [-0.1, -0.05) is 43.9 Å². The molecule has 0 saturated heterocycles. The van der Waals surface area contributed by atoms with E-state index in [1.54, 1.807) is 31.3 Å². The maximum absolute atomic E-state index is 13.8. The highest BCUT2D eigenvalue weighted by molar-refractivity contribution is 6.32. The number of unbranched alkanes of at least 4 members (excludes halogenated alkanes) is 3. The molecule has 2 aromatic carbocycles. The Kier molecular flexibility index (Phi) is 8.77. The minimum absolute atomic E-state index is 0.0665. The standard InChI is InChI=1S/C29H34ClNO6/c1-5-6-7-8-14-36-22-11-10-19(16-24(22)35-4)26-25-27(32)20-17-21(30)18(2)15-23(20)37-28(25)29(33)31(26)12-9-13-34-3/h10-11,15-17,26H,5-9,12-14H2,1-4H3. The highest BCUT2D eigenvalue weighted by Gasteiger charge is 2.42. The van der Waals surface area contributed by atoms with Crippen LogP contribution >= 0.6 is 11.6 Å². The largest absolute Gasteiger partial charge is 0.493 e. The number of carbonyl (C=O) groups is 1. The topological polar surface area (TPSA) is 78.2 Å². The molecule has 1 amide bonds. The van der Waals surface area contributed by atoms with Gasteiger partial charge in [0, 0.05) is 25.3 Å². The lowest BCUT2D eigenvalue weighted by Gasteiger charge is -2.25. The number of halogens is 1. The second-order valence-corrected chi connectivity index (χ2v) is 9.75. The van der Waals surface area contributed by atoms with Crippen LogP contribution in [0.25, 0.3) is 11.0 Å². The van der Waals surface area contributed by atoms with Gasteiger partial charge in [-0.15, -0.1) is 0 Å². The Labute approximate surface area is 222 Å². The number of amides is 1. The van der Waals surface area contributed by atoms with Crippen LogP contribution in [-0.2, 0) is 4.74 Å². The first kappa shape index (κ1) is 27.0. The molecule has 1 aliphatic rings. The summed E-state index contributed by atoms with van der Waals surface area (Å²) in [6.07, 6.45) is 5.03. The van der Waals surface area contributed by atoms with E-state index in [9.17, 15) is 9.59 Å². The Morgan fingerprint density at radius 3 is 2.54 bits per heavy atom. The van der Waals surface area contributed by atoms with E-state index in [-0.39, 0.29) is 17.1 Å². The highest BCUT2D eigenvalue weighted by Crippen LogP contribution is 2.41. The predicted octanol–water partition coefficient (Wildman–Crippen LogP) is 6.30. The number of fused-ring (bicyclic) bond motifs is 2. The molecule has 8 heteroatoms. The molecule has 0 aliphatic carbocycles. The smallest absolute Gasteiger partial charge is 0.290 e. The van der Waals surface area contributed by atoms with E-state index < -0.39 is 6.04 Å². The Morgan fingerprint density at radius 1 is 1.00 bits per heavy atom. The summed E-state index contributed by atoms with van der Waals surface area (Å²) < 4.78 is 22.9. The summed E-state index contributed by atoms with van der Waals surface area (Å²) in [5, 5.41) is 0.824. The molecule has 198 valence electrons. The van der Waals surface area contributed by atoms with E-state index in [2.05, 4.69) is 6.92 Å². The quantitative estimate of drug-likeness (QED) is 0.257. The second-order valence-electron chi connectivity index (χ2n) is 9.34. The van der Waals surface area contributed by atoms with Crippen molar-refractivity contribution in [2.24, 2.45) is 0 Å². The van der Waals surface area contributed by atoms with Crippen molar-refractivity contribution in [2.45, 2.75) is 52.0 Å². The molecule has 0 N–H and O–H groups in total. The zero-order valence-electron chi connectivity index (χ0n) is 21.9. The molecular formula is C29H34ClNO6. The molecule has 7 nitrogen and oxygen atoms in total.